The molecule has 0 bridgehead atoms. The number of hydrogen-bond donors (Lipinski definition) is 0. The van der Waals surface area contributed by atoms with Gasteiger partial charge < -0.3 is 0 Å². The van der Waals surface area contributed by atoms with Crippen LogP contribution >= 0.6 is 27.7 Å². The second kappa shape index (κ2) is 7.44. The Kier molecular flexibility index (Phi) is 5.30. The van der Waals surface area contributed by atoms with Crippen LogP contribution in [0.4, 0.5) is 0 Å². The molecule has 0 aliphatic carbocycles. The molecule has 0 amide bonds. The van der Waals surface area contributed by atoms with E-state index in [1.807, 2.05) is 6.07 Å². The van der Waals surface area contributed by atoms with Crippen LogP contribution in [0.1, 0.15) is 31.9 Å². The van der Waals surface area contributed by atoms with Gasteiger partial charge in [0.05, 0.1) is 17.2 Å². The Labute approximate surface area is 152 Å². The predicted octanol–water partition coefficient (Wildman–Crippen LogP) is 3.75. The van der Waals surface area contributed by atoms with Crippen LogP contribution in [0.5, 0.6) is 0 Å². The second-order valence-electron chi connectivity index (χ2n) is 5.48. The van der Waals surface area contributed by atoms with E-state index in [0.29, 0.717) is 23.5 Å². The molecule has 2 aromatic heterocycles. The summed E-state index contributed by atoms with van der Waals surface area (Å²) in [7, 11) is 0. The fourth-order valence-corrected chi connectivity index (χ4v) is 3.67. The van der Waals surface area contributed by atoms with Gasteiger partial charge in [-0.1, -0.05) is 13.3 Å². The lowest BCUT2D eigenvalue weighted by Crippen LogP contribution is -2.15. The molecule has 0 radical (unpaired) electrons. The summed E-state index contributed by atoms with van der Waals surface area (Å²) < 4.78 is 2.33. The van der Waals surface area contributed by atoms with Crippen molar-refractivity contribution in [3.8, 4) is 0 Å². The molecule has 5 nitrogen and oxygen atoms in total. The second-order valence-corrected chi connectivity index (χ2v) is 7.45. The Hall–Kier alpha value is -1.73. The van der Waals surface area contributed by atoms with Crippen LogP contribution in [0, 0.1) is 0 Å². The van der Waals surface area contributed by atoms with Gasteiger partial charge in [-0.05, 0) is 34.5 Å². The number of hydrogen-bond acceptors (Lipinski definition) is 5. The number of fused-ring (bicyclic) bond motifs is 1. The molecule has 0 spiro atoms. The molecule has 1 aliphatic heterocycles. The number of ketones is 1. The van der Waals surface area contributed by atoms with E-state index in [1.54, 1.807) is 18.3 Å². The molecule has 24 heavy (non-hydrogen) atoms. The van der Waals surface area contributed by atoms with Crippen LogP contribution in [0.15, 0.2) is 50.4 Å². The summed E-state index contributed by atoms with van der Waals surface area (Å²) in [6, 6.07) is 5.17. The van der Waals surface area contributed by atoms with E-state index in [-0.39, 0.29) is 11.3 Å². The lowest BCUT2D eigenvalue weighted by molar-refractivity contribution is -0.113. The molecule has 0 unspecified atom stereocenters. The van der Waals surface area contributed by atoms with E-state index < -0.39 is 0 Å². The molecule has 0 fully saturated rings. The fourth-order valence-electron chi connectivity index (χ4n) is 2.44. The van der Waals surface area contributed by atoms with Gasteiger partial charge in [-0.2, -0.15) is 0 Å². The van der Waals surface area contributed by atoms with Gasteiger partial charge in [0.2, 0.25) is 0 Å². The molecule has 3 rings (SSSR count). The van der Waals surface area contributed by atoms with Gasteiger partial charge in [0.1, 0.15) is 5.65 Å². The lowest BCUT2D eigenvalue weighted by Gasteiger charge is -2.11. The highest BCUT2D eigenvalue weighted by Gasteiger charge is 2.14. The Morgan fingerprint density at radius 1 is 1.33 bits per heavy atom. The quantitative estimate of drug-likeness (QED) is 0.776. The molecule has 1 aliphatic rings. The molecule has 0 N–H and O–H groups in total. The van der Waals surface area contributed by atoms with E-state index >= 15 is 0 Å². The van der Waals surface area contributed by atoms with E-state index in [1.165, 1.54) is 22.2 Å². The zero-order valence-corrected chi connectivity index (χ0v) is 15.6. The van der Waals surface area contributed by atoms with Gasteiger partial charge in [0, 0.05) is 34.3 Å². The van der Waals surface area contributed by atoms with E-state index in [9.17, 15) is 9.59 Å². The largest absolute Gasteiger partial charge is 0.294 e. The van der Waals surface area contributed by atoms with Crippen molar-refractivity contribution >= 4 is 44.2 Å². The summed E-state index contributed by atoms with van der Waals surface area (Å²) in [5, 5.41) is 0.795. The van der Waals surface area contributed by atoms with Crippen molar-refractivity contribution in [3.63, 3.8) is 0 Å². The van der Waals surface area contributed by atoms with E-state index in [4.69, 9.17) is 0 Å². The number of nitrogens with zero attached hydrogens (tertiary/aromatic N) is 3. The van der Waals surface area contributed by atoms with Gasteiger partial charge in [-0.3, -0.25) is 19.0 Å². The van der Waals surface area contributed by atoms with Gasteiger partial charge in [0.25, 0.3) is 5.56 Å². The zero-order chi connectivity index (χ0) is 17.1. The highest BCUT2D eigenvalue weighted by molar-refractivity contribution is 9.10. The zero-order valence-electron chi connectivity index (χ0n) is 13.2. The van der Waals surface area contributed by atoms with Crippen molar-refractivity contribution in [3.05, 3.63) is 56.7 Å². The Balaban J connectivity index is 1.78. The first-order chi connectivity index (χ1) is 11.5. The minimum atomic E-state index is -0.120. The first-order valence-corrected chi connectivity index (χ1v) is 9.44. The molecule has 124 valence electrons. The van der Waals surface area contributed by atoms with Crippen molar-refractivity contribution in [1.82, 2.24) is 9.38 Å². The minimum absolute atomic E-state index is 0.0901. The average Bonchev–Trinajstić information content (AvgIpc) is 2.53. The summed E-state index contributed by atoms with van der Waals surface area (Å²) in [6.45, 7) is 2.06. The van der Waals surface area contributed by atoms with Crippen molar-refractivity contribution < 1.29 is 4.79 Å². The topological polar surface area (TPSA) is 63.8 Å². The molecule has 0 atom stereocenters. The monoisotopic (exact) mass is 405 g/mol. The maximum Gasteiger partial charge on any atom is 0.258 e. The average molecular weight is 406 g/mol. The summed E-state index contributed by atoms with van der Waals surface area (Å²) in [4.78, 5) is 33.0. The lowest BCUT2D eigenvalue weighted by atomic mass is 10.1. The SMILES string of the molecule is CCCC1=CC(=O)CC(SCc2cc(=O)n3cc(Br)ccc3n2)=N1. The van der Waals surface area contributed by atoms with Crippen LogP contribution in [0.2, 0.25) is 0 Å². The normalized spacial score (nSPS) is 14.7. The predicted molar refractivity (Wildman–Crippen MR) is 101 cm³/mol. The van der Waals surface area contributed by atoms with Crippen LogP contribution in [0.25, 0.3) is 5.65 Å². The highest BCUT2D eigenvalue weighted by atomic mass is 79.9. The maximum absolute atomic E-state index is 12.2. The molecule has 2 aromatic rings. The number of carbonyl (C=O) groups is 1. The third-order valence-electron chi connectivity index (χ3n) is 3.49. The molecule has 0 aromatic carbocycles. The summed E-state index contributed by atoms with van der Waals surface area (Å²) in [5.74, 6) is 0.611. The fraction of sp³-hybridized carbons (Fsp3) is 0.294. The highest BCUT2D eigenvalue weighted by Crippen LogP contribution is 2.22. The number of rotatable bonds is 4. The Morgan fingerprint density at radius 2 is 2.17 bits per heavy atom. The number of pyridine rings is 1. The number of halogens is 1. The summed E-state index contributed by atoms with van der Waals surface area (Å²) in [6.07, 6.45) is 5.43. The van der Waals surface area contributed by atoms with E-state index in [0.717, 1.165) is 28.1 Å². The Morgan fingerprint density at radius 3 is 2.96 bits per heavy atom. The standard InChI is InChI=1S/C17H16BrN3O2S/c1-2-3-12-6-14(22)8-16(20-12)24-10-13-7-17(23)21-9-11(18)4-5-15(21)19-13/h4-7,9H,2-3,8,10H2,1H3. The van der Waals surface area contributed by atoms with E-state index in [2.05, 4.69) is 32.8 Å². The number of aliphatic imine (C=N–C) groups is 1. The smallest absolute Gasteiger partial charge is 0.258 e. The summed E-state index contributed by atoms with van der Waals surface area (Å²) in [5.41, 5.74) is 2.02. The van der Waals surface area contributed by atoms with Crippen LogP contribution in [0.3, 0.4) is 0 Å². The van der Waals surface area contributed by atoms with Crippen LogP contribution in [-0.4, -0.2) is 20.2 Å². The Bertz CT molecular complexity index is 918. The first kappa shape index (κ1) is 17.1. The molecular formula is C17H16BrN3O2S. The van der Waals surface area contributed by atoms with Gasteiger partial charge in [-0.15, -0.1) is 11.8 Å². The van der Waals surface area contributed by atoms with Gasteiger partial charge in [0.15, 0.2) is 5.78 Å². The van der Waals surface area contributed by atoms with Crippen molar-refractivity contribution in [2.24, 2.45) is 4.99 Å². The van der Waals surface area contributed by atoms with Gasteiger partial charge >= 0.3 is 0 Å². The molecule has 0 saturated heterocycles. The van der Waals surface area contributed by atoms with Crippen molar-refractivity contribution in [2.45, 2.75) is 31.9 Å². The van der Waals surface area contributed by atoms with Crippen molar-refractivity contribution in [1.29, 1.82) is 0 Å². The minimum Gasteiger partial charge on any atom is -0.294 e. The maximum atomic E-state index is 12.2. The number of allylic oxidation sites excluding steroid dienone is 2. The third kappa shape index (κ3) is 4.02. The summed E-state index contributed by atoms with van der Waals surface area (Å²) >= 11 is 4.82. The number of aromatic nitrogens is 2. The van der Waals surface area contributed by atoms with Gasteiger partial charge in [-0.25, -0.2) is 4.98 Å². The number of carbonyl (C=O) groups excluding carboxylic acids is 1. The van der Waals surface area contributed by atoms with Crippen LogP contribution < -0.4 is 5.56 Å². The molecule has 0 saturated carbocycles. The van der Waals surface area contributed by atoms with Crippen LogP contribution in [-0.2, 0) is 10.5 Å². The van der Waals surface area contributed by atoms with Crippen molar-refractivity contribution in [2.75, 3.05) is 0 Å². The molecule has 7 heteroatoms. The molecular weight excluding hydrogens is 390 g/mol. The number of thioether (sulfide) groups is 1. The first-order valence-electron chi connectivity index (χ1n) is 7.67. The third-order valence-corrected chi connectivity index (χ3v) is 4.97. The molecule has 3 heterocycles.